The summed E-state index contributed by atoms with van der Waals surface area (Å²) in [4.78, 5) is 12.5. The number of nitrogens with one attached hydrogen (secondary N) is 2. The van der Waals surface area contributed by atoms with Gasteiger partial charge in [-0.05, 0) is 70.7 Å². The van der Waals surface area contributed by atoms with Crippen molar-refractivity contribution in [3.63, 3.8) is 0 Å². The zero-order valence-corrected chi connectivity index (χ0v) is 13.0. The van der Waals surface area contributed by atoms with Crippen molar-refractivity contribution in [2.75, 3.05) is 13.1 Å². The van der Waals surface area contributed by atoms with E-state index < -0.39 is 0 Å². The SMILES string of the molecule is Cc1cc(C)c(C(=O)NC(C)C2CCNCC2)c(C)c1. The molecule has 3 nitrogen and oxygen atoms in total. The Bertz CT molecular complexity index is 467. The van der Waals surface area contributed by atoms with Gasteiger partial charge in [-0.3, -0.25) is 4.79 Å². The Morgan fingerprint density at radius 1 is 1.20 bits per heavy atom. The van der Waals surface area contributed by atoms with Crippen molar-refractivity contribution in [1.82, 2.24) is 10.6 Å². The number of carbonyl (C=O) groups is 1. The Hall–Kier alpha value is -1.35. The molecule has 1 saturated heterocycles. The summed E-state index contributed by atoms with van der Waals surface area (Å²) in [5, 5.41) is 6.57. The van der Waals surface area contributed by atoms with Gasteiger partial charge >= 0.3 is 0 Å². The molecule has 0 aliphatic carbocycles. The lowest BCUT2D eigenvalue weighted by Crippen LogP contribution is -2.42. The van der Waals surface area contributed by atoms with Gasteiger partial charge in [-0.15, -0.1) is 0 Å². The van der Waals surface area contributed by atoms with Crippen LogP contribution in [0.3, 0.4) is 0 Å². The highest BCUT2D eigenvalue weighted by Crippen LogP contribution is 2.19. The minimum Gasteiger partial charge on any atom is -0.349 e. The van der Waals surface area contributed by atoms with Crippen LogP contribution < -0.4 is 10.6 Å². The largest absolute Gasteiger partial charge is 0.349 e. The third kappa shape index (κ3) is 3.40. The molecule has 110 valence electrons. The second kappa shape index (κ2) is 6.40. The van der Waals surface area contributed by atoms with Gasteiger partial charge in [0.25, 0.3) is 5.91 Å². The quantitative estimate of drug-likeness (QED) is 0.890. The van der Waals surface area contributed by atoms with E-state index in [1.165, 1.54) is 5.56 Å². The van der Waals surface area contributed by atoms with Crippen molar-refractivity contribution in [1.29, 1.82) is 0 Å². The second-order valence-corrected chi connectivity index (χ2v) is 6.12. The highest BCUT2D eigenvalue weighted by molar-refractivity contribution is 5.97. The maximum atomic E-state index is 12.5. The number of aryl methyl sites for hydroxylation is 3. The molecule has 1 amide bonds. The summed E-state index contributed by atoms with van der Waals surface area (Å²) in [5.41, 5.74) is 4.19. The van der Waals surface area contributed by atoms with Crippen molar-refractivity contribution in [2.45, 2.75) is 46.6 Å². The zero-order chi connectivity index (χ0) is 14.7. The number of benzene rings is 1. The van der Waals surface area contributed by atoms with Crippen LogP contribution >= 0.6 is 0 Å². The minimum atomic E-state index is 0.0750. The Morgan fingerprint density at radius 2 is 1.75 bits per heavy atom. The van der Waals surface area contributed by atoms with Crippen LogP contribution in [0.25, 0.3) is 0 Å². The van der Waals surface area contributed by atoms with Crippen LogP contribution in [0.1, 0.15) is 46.8 Å². The lowest BCUT2D eigenvalue weighted by atomic mass is 9.90. The van der Waals surface area contributed by atoms with Crippen molar-refractivity contribution in [2.24, 2.45) is 5.92 Å². The molecule has 1 atom stereocenters. The van der Waals surface area contributed by atoms with E-state index in [-0.39, 0.29) is 11.9 Å². The number of hydrogen-bond donors (Lipinski definition) is 2. The van der Waals surface area contributed by atoms with Crippen molar-refractivity contribution in [3.05, 3.63) is 34.4 Å². The molecule has 0 aromatic heterocycles. The van der Waals surface area contributed by atoms with Gasteiger partial charge in [0, 0.05) is 11.6 Å². The van der Waals surface area contributed by atoms with Crippen molar-refractivity contribution >= 4 is 5.91 Å². The van der Waals surface area contributed by atoms with Gasteiger partial charge in [-0.1, -0.05) is 17.7 Å². The molecule has 0 saturated carbocycles. The number of hydrogen-bond acceptors (Lipinski definition) is 2. The monoisotopic (exact) mass is 274 g/mol. The van der Waals surface area contributed by atoms with E-state index in [1.54, 1.807) is 0 Å². The fraction of sp³-hybridized carbons (Fsp3) is 0.588. The minimum absolute atomic E-state index is 0.0750. The van der Waals surface area contributed by atoms with Crippen LogP contribution in [0.15, 0.2) is 12.1 Å². The molecule has 1 aliphatic rings. The summed E-state index contributed by atoms with van der Waals surface area (Å²) in [6.45, 7) is 10.4. The molecule has 2 N–H and O–H groups in total. The van der Waals surface area contributed by atoms with Crippen molar-refractivity contribution in [3.8, 4) is 0 Å². The Morgan fingerprint density at radius 3 is 2.30 bits per heavy atom. The molecule has 1 aromatic rings. The Kier molecular flexibility index (Phi) is 4.81. The Balaban J connectivity index is 2.08. The molecular formula is C17H26N2O. The average molecular weight is 274 g/mol. The summed E-state index contributed by atoms with van der Waals surface area (Å²) in [7, 11) is 0. The van der Waals surface area contributed by atoms with Crippen LogP contribution in [-0.4, -0.2) is 25.0 Å². The van der Waals surface area contributed by atoms with Gasteiger partial charge in [0.1, 0.15) is 0 Å². The Labute approximate surface area is 122 Å². The average Bonchev–Trinajstić information content (AvgIpc) is 2.38. The maximum Gasteiger partial charge on any atom is 0.252 e. The molecule has 20 heavy (non-hydrogen) atoms. The summed E-state index contributed by atoms with van der Waals surface area (Å²) in [6, 6.07) is 4.40. The number of amides is 1. The van der Waals surface area contributed by atoms with Gasteiger partial charge < -0.3 is 10.6 Å². The smallest absolute Gasteiger partial charge is 0.252 e. The van der Waals surface area contributed by atoms with Gasteiger partial charge in [-0.2, -0.15) is 0 Å². The van der Waals surface area contributed by atoms with Gasteiger partial charge in [-0.25, -0.2) is 0 Å². The molecule has 3 heteroatoms. The summed E-state index contributed by atoms with van der Waals surface area (Å²) in [5.74, 6) is 0.664. The molecule has 0 radical (unpaired) electrons. The normalized spacial score (nSPS) is 17.8. The predicted octanol–water partition coefficient (Wildman–Crippen LogP) is 2.73. The van der Waals surface area contributed by atoms with Crippen LogP contribution in [-0.2, 0) is 0 Å². The molecule has 1 aromatic carbocycles. The van der Waals surface area contributed by atoms with Crippen LogP contribution in [0.5, 0.6) is 0 Å². The topological polar surface area (TPSA) is 41.1 Å². The summed E-state index contributed by atoms with van der Waals surface area (Å²) in [6.07, 6.45) is 2.29. The van der Waals surface area contributed by atoms with E-state index in [9.17, 15) is 4.79 Å². The summed E-state index contributed by atoms with van der Waals surface area (Å²) >= 11 is 0. The second-order valence-electron chi connectivity index (χ2n) is 6.12. The van der Waals surface area contributed by atoms with E-state index in [2.05, 4.69) is 36.6 Å². The zero-order valence-electron chi connectivity index (χ0n) is 13.0. The van der Waals surface area contributed by atoms with Crippen LogP contribution in [0, 0.1) is 26.7 Å². The first-order valence-electron chi connectivity index (χ1n) is 7.58. The van der Waals surface area contributed by atoms with E-state index in [1.807, 2.05) is 13.8 Å². The standard InChI is InChI=1S/C17H26N2O/c1-11-9-12(2)16(13(3)10-11)17(20)19-14(4)15-5-7-18-8-6-15/h9-10,14-15,18H,5-8H2,1-4H3,(H,19,20). The number of rotatable bonds is 3. The van der Waals surface area contributed by atoms with E-state index in [0.717, 1.165) is 42.6 Å². The molecule has 1 heterocycles. The highest BCUT2D eigenvalue weighted by Gasteiger charge is 2.22. The summed E-state index contributed by atoms with van der Waals surface area (Å²) < 4.78 is 0. The van der Waals surface area contributed by atoms with E-state index in [0.29, 0.717) is 5.92 Å². The fourth-order valence-electron chi connectivity index (χ4n) is 3.28. The fourth-order valence-corrected chi connectivity index (χ4v) is 3.28. The van der Waals surface area contributed by atoms with Crippen LogP contribution in [0.4, 0.5) is 0 Å². The first-order valence-corrected chi connectivity index (χ1v) is 7.58. The predicted molar refractivity (Wildman–Crippen MR) is 83.2 cm³/mol. The first kappa shape index (κ1) is 15.0. The molecule has 2 rings (SSSR count). The highest BCUT2D eigenvalue weighted by atomic mass is 16.1. The van der Waals surface area contributed by atoms with Crippen molar-refractivity contribution < 1.29 is 4.79 Å². The third-order valence-electron chi connectivity index (χ3n) is 4.35. The van der Waals surface area contributed by atoms with Gasteiger partial charge in [0.05, 0.1) is 0 Å². The van der Waals surface area contributed by atoms with E-state index in [4.69, 9.17) is 0 Å². The molecule has 1 fully saturated rings. The van der Waals surface area contributed by atoms with Gasteiger partial charge in [0.15, 0.2) is 0 Å². The maximum absolute atomic E-state index is 12.5. The molecule has 1 unspecified atom stereocenters. The van der Waals surface area contributed by atoms with E-state index >= 15 is 0 Å². The lowest BCUT2D eigenvalue weighted by Gasteiger charge is -2.29. The van der Waals surface area contributed by atoms with Gasteiger partial charge in [0.2, 0.25) is 0 Å². The molecule has 0 bridgehead atoms. The molecular weight excluding hydrogens is 248 g/mol. The molecule has 0 spiro atoms. The first-order chi connectivity index (χ1) is 9.49. The molecule has 1 aliphatic heterocycles. The third-order valence-corrected chi connectivity index (χ3v) is 4.35. The number of carbonyl (C=O) groups excluding carboxylic acids is 1. The lowest BCUT2D eigenvalue weighted by molar-refractivity contribution is 0.0919. The number of piperidine rings is 1. The van der Waals surface area contributed by atoms with Crippen LogP contribution in [0.2, 0.25) is 0 Å².